The largest absolute Gasteiger partial charge is 0.444 e. The second-order valence-electron chi connectivity index (χ2n) is 5.85. The summed E-state index contributed by atoms with van der Waals surface area (Å²) in [4.78, 5) is 22.8. The zero-order chi connectivity index (χ0) is 15.6. The maximum absolute atomic E-state index is 12.3. The molecule has 0 aliphatic carbocycles. The van der Waals surface area contributed by atoms with Crippen LogP contribution in [0.4, 0.5) is 4.79 Å². The van der Waals surface area contributed by atoms with Gasteiger partial charge in [-0.3, -0.25) is 4.90 Å². The van der Waals surface area contributed by atoms with E-state index < -0.39 is 11.7 Å². The van der Waals surface area contributed by atoms with Crippen LogP contribution in [0.3, 0.4) is 0 Å². The van der Waals surface area contributed by atoms with Gasteiger partial charge in [0.05, 0.1) is 12.3 Å². The number of aryl methyl sites for hydroxylation is 1. The number of carbonyl (C=O) groups excluding carboxylic acids is 1. The molecule has 0 radical (unpaired) electrons. The standard InChI is InChI=1S/C13H20N4O4/c1-8-14-11(21-15-8)10-6-9(16-19-5)7-17(10)12(18)20-13(2,3)4/h10H,6-7H2,1-5H3/t10-/m0/s1. The molecule has 1 aliphatic heterocycles. The highest BCUT2D eigenvalue weighted by Crippen LogP contribution is 2.31. The smallest absolute Gasteiger partial charge is 0.411 e. The topological polar surface area (TPSA) is 90.1 Å². The number of rotatable bonds is 2. The van der Waals surface area contributed by atoms with E-state index in [-0.39, 0.29) is 6.04 Å². The Bertz CT molecular complexity index is 547. The molecule has 0 aromatic carbocycles. The third kappa shape index (κ3) is 3.71. The van der Waals surface area contributed by atoms with E-state index >= 15 is 0 Å². The van der Waals surface area contributed by atoms with E-state index in [0.717, 1.165) is 5.71 Å². The van der Waals surface area contributed by atoms with Crippen molar-refractivity contribution < 1.29 is 18.9 Å². The first kappa shape index (κ1) is 15.3. The van der Waals surface area contributed by atoms with Crippen LogP contribution in [0.25, 0.3) is 0 Å². The van der Waals surface area contributed by atoms with Gasteiger partial charge in [-0.05, 0) is 27.7 Å². The van der Waals surface area contributed by atoms with Crippen LogP contribution in [0, 0.1) is 6.92 Å². The maximum atomic E-state index is 12.3. The van der Waals surface area contributed by atoms with Crippen LogP contribution in [0.15, 0.2) is 9.68 Å². The summed E-state index contributed by atoms with van der Waals surface area (Å²) >= 11 is 0. The molecule has 21 heavy (non-hydrogen) atoms. The zero-order valence-electron chi connectivity index (χ0n) is 12.9. The Hall–Kier alpha value is -2.12. The molecule has 0 unspecified atom stereocenters. The van der Waals surface area contributed by atoms with Crippen molar-refractivity contribution in [3.8, 4) is 0 Å². The predicted molar refractivity (Wildman–Crippen MR) is 73.8 cm³/mol. The van der Waals surface area contributed by atoms with Gasteiger partial charge in [0.2, 0.25) is 5.89 Å². The molecule has 2 rings (SSSR count). The zero-order valence-corrected chi connectivity index (χ0v) is 12.9. The number of hydrogen-bond acceptors (Lipinski definition) is 7. The molecular formula is C13H20N4O4. The van der Waals surface area contributed by atoms with Crippen molar-refractivity contribution in [2.24, 2.45) is 5.16 Å². The molecule has 0 saturated carbocycles. The predicted octanol–water partition coefficient (Wildman–Crippen LogP) is 2.06. The van der Waals surface area contributed by atoms with Crippen molar-refractivity contribution in [2.75, 3.05) is 13.7 Å². The van der Waals surface area contributed by atoms with Crippen LogP contribution in [-0.4, -0.2) is 46.1 Å². The van der Waals surface area contributed by atoms with Crippen molar-refractivity contribution in [3.05, 3.63) is 11.7 Å². The molecule has 0 bridgehead atoms. The second kappa shape index (κ2) is 5.71. The fraction of sp³-hybridized carbons (Fsp3) is 0.692. The third-order valence-electron chi connectivity index (χ3n) is 2.83. The van der Waals surface area contributed by atoms with Crippen LogP contribution in [0.5, 0.6) is 0 Å². The Morgan fingerprint density at radius 3 is 2.71 bits per heavy atom. The number of carbonyl (C=O) groups is 1. The summed E-state index contributed by atoms with van der Waals surface area (Å²) < 4.78 is 10.6. The fourth-order valence-corrected chi connectivity index (χ4v) is 2.08. The number of aromatic nitrogens is 2. The summed E-state index contributed by atoms with van der Waals surface area (Å²) in [6.45, 7) is 7.49. The Morgan fingerprint density at radius 2 is 2.19 bits per heavy atom. The molecule has 1 aromatic rings. The van der Waals surface area contributed by atoms with Crippen LogP contribution >= 0.6 is 0 Å². The van der Waals surface area contributed by atoms with Gasteiger partial charge >= 0.3 is 6.09 Å². The lowest BCUT2D eigenvalue weighted by molar-refractivity contribution is 0.0204. The monoisotopic (exact) mass is 296 g/mol. The van der Waals surface area contributed by atoms with E-state index in [2.05, 4.69) is 15.3 Å². The summed E-state index contributed by atoms with van der Waals surface area (Å²) in [5.74, 6) is 0.894. The van der Waals surface area contributed by atoms with Gasteiger partial charge in [0.1, 0.15) is 18.8 Å². The molecule has 1 amide bonds. The molecule has 1 aromatic heterocycles. The van der Waals surface area contributed by atoms with Crippen LogP contribution in [-0.2, 0) is 9.57 Å². The van der Waals surface area contributed by atoms with Crippen LogP contribution < -0.4 is 0 Å². The van der Waals surface area contributed by atoms with Crippen molar-refractivity contribution in [2.45, 2.75) is 45.8 Å². The van der Waals surface area contributed by atoms with E-state index in [4.69, 9.17) is 14.1 Å². The molecule has 1 fully saturated rings. The number of oxime groups is 1. The van der Waals surface area contributed by atoms with Crippen molar-refractivity contribution in [1.29, 1.82) is 0 Å². The van der Waals surface area contributed by atoms with Gasteiger partial charge in [-0.25, -0.2) is 4.79 Å². The highest BCUT2D eigenvalue weighted by molar-refractivity contribution is 5.92. The number of amides is 1. The average molecular weight is 296 g/mol. The fourth-order valence-electron chi connectivity index (χ4n) is 2.08. The molecule has 1 atom stereocenters. The Kier molecular flexibility index (Phi) is 4.15. The Morgan fingerprint density at radius 1 is 1.48 bits per heavy atom. The normalized spacial score (nSPS) is 20.9. The van der Waals surface area contributed by atoms with Gasteiger partial charge in [-0.15, -0.1) is 0 Å². The SMILES string of the molecule is CON=C1C[C@@H](c2nc(C)no2)N(C(=O)OC(C)(C)C)C1. The lowest BCUT2D eigenvalue weighted by Crippen LogP contribution is -2.37. The Balaban J connectivity index is 2.23. The van der Waals surface area contributed by atoms with Crippen molar-refractivity contribution in [3.63, 3.8) is 0 Å². The van der Waals surface area contributed by atoms with E-state index in [1.165, 1.54) is 12.0 Å². The quantitative estimate of drug-likeness (QED) is 0.776. The van der Waals surface area contributed by atoms with Gasteiger partial charge in [0.15, 0.2) is 5.82 Å². The summed E-state index contributed by atoms with van der Waals surface area (Å²) in [7, 11) is 1.47. The minimum atomic E-state index is -0.576. The van der Waals surface area contributed by atoms with E-state index in [1.807, 2.05) is 20.8 Å². The lowest BCUT2D eigenvalue weighted by Gasteiger charge is -2.26. The van der Waals surface area contributed by atoms with Gasteiger partial charge in [-0.2, -0.15) is 4.98 Å². The number of ether oxygens (including phenoxy) is 1. The number of likely N-dealkylation sites (tertiary alicyclic amines) is 1. The summed E-state index contributed by atoms with van der Waals surface area (Å²) in [5, 5.41) is 7.68. The van der Waals surface area contributed by atoms with Crippen molar-refractivity contribution in [1.82, 2.24) is 15.0 Å². The minimum absolute atomic E-state index is 0.314. The van der Waals surface area contributed by atoms with Gasteiger partial charge < -0.3 is 14.1 Å². The van der Waals surface area contributed by atoms with Gasteiger partial charge in [0, 0.05) is 6.42 Å². The van der Waals surface area contributed by atoms with Gasteiger partial charge in [-0.1, -0.05) is 10.3 Å². The molecule has 0 spiro atoms. The first-order chi connectivity index (χ1) is 9.80. The van der Waals surface area contributed by atoms with E-state index in [9.17, 15) is 4.79 Å². The Labute approximate surface area is 123 Å². The number of hydrogen-bond donors (Lipinski definition) is 0. The first-order valence-electron chi connectivity index (χ1n) is 6.69. The minimum Gasteiger partial charge on any atom is -0.444 e. The van der Waals surface area contributed by atoms with Gasteiger partial charge in [0.25, 0.3) is 0 Å². The third-order valence-corrected chi connectivity index (χ3v) is 2.83. The molecule has 8 nitrogen and oxygen atoms in total. The molecule has 8 heteroatoms. The summed E-state index contributed by atoms with van der Waals surface area (Å²) in [5.41, 5.74) is 0.150. The summed E-state index contributed by atoms with van der Waals surface area (Å²) in [6.07, 6.45) is 0.0407. The highest BCUT2D eigenvalue weighted by Gasteiger charge is 2.40. The van der Waals surface area contributed by atoms with Crippen LogP contribution in [0.1, 0.15) is 44.9 Å². The maximum Gasteiger partial charge on any atom is 0.411 e. The first-order valence-corrected chi connectivity index (χ1v) is 6.69. The number of nitrogens with zero attached hydrogens (tertiary/aromatic N) is 4. The lowest BCUT2D eigenvalue weighted by atomic mass is 10.2. The summed E-state index contributed by atoms with van der Waals surface area (Å²) in [6, 6.07) is -0.380. The van der Waals surface area contributed by atoms with Crippen molar-refractivity contribution >= 4 is 11.8 Å². The van der Waals surface area contributed by atoms with E-state index in [0.29, 0.717) is 24.7 Å². The molecule has 1 aliphatic rings. The molecule has 2 heterocycles. The molecule has 1 saturated heterocycles. The van der Waals surface area contributed by atoms with Crippen LogP contribution in [0.2, 0.25) is 0 Å². The average Bonchev–Trinajstić information content (AvgIpc) is 2.93. The highest BCUT2D eigenvalue weighted by atomic mass is 16.6. The molecule has 116 valence electrons. The van der Waals surface area contributed by atoms with E-state index in [1.54, 1.807) is 6.92 Å². The molecule has 0 N–H and O–H groups in total. The molecular weight excluding hydrogens is 276 g/mol. The second-order valence-corrected chi connectivity index (χ2v) is 5.85.